The van der Waals surface area contributed by atoms with Crippen LogP contribution in [0.1, 0.15) is 52.5 Å². The fourth-order valence-corrected chi connectivity index (χ4v) is 2.99. The number of rotatable bonds is 3. The van der Waals surface area contributed by atoms with Crippen LogP contribution >= 0.6 is 0 Å². The number of hydrogen-bond donors (Lipinski definition) is 1. The van der Waals surface area contributed by atoms with Gasteiger partial charge in [-0.25, -0.2) is 4.79 Å². The summed E-state index contributed by atoms with van der Waals surface area (Å²) in [7, 11) is 1.58. The number of ether oxygens (including phenoxy) is 2. The molecular formula is C18H27NO4. The van der Waals surface area contributed by atoms with E-state index in [1.807, 2.05) is 39.8 Å². The van der Waals surface area contributed by atoms with Crippen LogP contribution in [0.25, 0.3) is 0 Å². The van der Waals surface area contributed by atoms with E-state index in [-0.39, 0.29) is 0 Å². The summed E-state index contributed by atoms with van der Waals surface area (Å²) >= 11 is 0. The van der Waals surface area contributed by atoms with E-state index in [1.165, 1.54) is 0 Å². The maximum Gasteiger partial charge on any atom is 0.414 e. The van der Waals surface area contributed by atoms with E-state index in [4.69, 9.17) is 9.47 Å². The van der Waals surface area contributed by atoms with Crippen molar-refractivity contribution in [1.82, 2.24) is 0 Å². The lowest BCUT2D eigenvalue weighted by molar-refractivity contribution is 0.0133. The molecule has 1 aliphatic rings. The number of methoxy groups -OCH3 is 1. The van der Waals surface area contributed by atoms with Gasteiger partial charge in [0.1, 0.15) is 11.4 Å². The molecule has 0 radical (unpaired) electrons. The molecule has 23 heavy (non-hydrogen) atoms. The van der Waals surface area contributed by atoms with Gasteiger partial charge in [0.05, 0.1) is 18.4 Å². The minimum absolute atomic E-state index is 0.398. The summed E-state index contributed by atoms with van der Waals surface area (Å²) in [5, 5.41) is 11.0. The molecule has 1 N–H and O–H groups in total. The van der Waals surface area contributed by atoms with Gasteiger partial charge < -0.3 is 14.6 Å². The number of aliphatic hydroxyl groups is 1. The van der Waals surface area contributed by atoms with Gasteiger partial charge in [0.2, 0.25) is 0 Å². The van der Waals surface area contributed by atoms with Crippen molar-refractivity contribution in [3.63, 3.8) is 0 Å². The molecule has 1 aromatic carbocycles. The summed E-state index contributed by atoms with van der Waals surface area (Å²) in [5.74, 6) is 0.651. The largest absolute Gasteiger partial charge is 0.497 e. The van der Waals surface area contributed by atoms with Crippen molar-refractivity contribution in [3.8, 4) is 5.75 Å². The average molecular weight is 321 g/mol. The van der Waals surface area contributed by atoms with Crippen LogP contribution in [0.3, 0.4) is 0 Å². The first kappa shape index (κ1) is 17.6. The quantitative estimate of drug-likeness (QED) is 0.919. The van der Waals surface area contributed by atoms with Crippen molar-refractivity contribution in [2.24, 2.45) is 0 Å². The number of hydrogen-bond acceptors (Lipinski definition) is 4. The van der Waals surface area contributed by atoms with Gasteiger partial charge in [-0.05, 0) is 39.7 Å². The van der Waals surface area contributed by atoms with Crippen LogP contribution in [-0.4, -0.2) is 30.5 Å². The van der Waals surface area contributed by atoms with E-state index in [2.05, 4.69) is 0 Å². The SMILES string of the molecule is CCCC1(O)CCN(C(=O)OC(C)(C)C)c2cc(OC)ccc21. The molecule has 1 heterocycles. The maximum atomic E-state index is 12.5. The van der Waals surface area contributed by atoms with Gasteiger partial charge in [0.25, 0.3) is 0 Å². The molecule has 1 atom stereocenters. The Labute approximate surface area is 138 Å². The summed E-state index contributed by atoms with van der Waals surface area (Å²) < 4.78 is 10.8. The molecule has 2 rings (SSSR count). The molecule has 5 nitrogen and oxygen atoms in total. The number of anilines is 1. The van der Waals surface area contributed by atoms with E-state index in [1.54, 1.807) is 18.1 Å². The Bertz CT molecular complexity index is 579. The normalized spacial score (nSPS) is 20.9. The van der Waals surface area contributed by atoms with E-state index in [0.29, 0.717) is 30.8 Å². The first-order valence-electron chi connectivity index (χ1n) is 8.11. The third-order valence-corrected chi connectivity index (χ3v) is 4.02. The van der Waals surface area contributed by atoms with Crippen molar-refractivity contribution in [1.29, 1.82) is 0 Å². The van der Waals surface area contributed by atoms with Crippen molar-refractivity contribution < 1.29 is 19.4 Å². The second-order valence-corrected chi connectivity index (χ2v) is 7.05. The molecular weight excluding hydrogens is 294 g/mol. The Kier molecular flexibility index (Phi) is 4.90. The highest BCUT2D eigenvalue weighted by Crippen LogP contribution is 2.43. The summed E-state index contributed by atoms with van der Waals surface area (Å²) in [6.07, 6.45) is 1.63. The minimum atomic E-state index is -0.908. The van der Waals surface area contributed by atoms with Crippen LogP contribution in [0.15, 0.2) is 18.2 Å². The third kappa shape index (κ3) is 3.78. The van der Waals surface area contributed by atoms with Crippen molar-refractivity contribution in [2.75, 3.05) is 18.6 Å². The number of fused-ring (bicyclic) bond motifs is 1. The molecule has 1 aliphatic heterocycles. The van der Waals surface area contributed by atoms with E-state index < -0.39 is 17.3 Å². The van der Waals surface area contributed by atoms with Gasteiger partial charge in [-0.1, -0.05) is 19.4 Å². The number of benzene rings is 1. The Hall–Kier alpha value is -1.75. The molecule has 1 unspecified atom stereocenters. The molecule has 0 bridgehead atoms. The molecule has 1 aromatic rings. The second-order valence-electron chi connectivity index (χ2n) is 7.05. The third-order valence-electron chi connectivity index (χ3n) is 4.02. The van der Waals surface area contributed by atoms with Gasteiger partial charge in [-0.3, -0.25) is 4.90 Å². The minimum Gasteiger partial charge on any atom is -0.497 e. The van der Waals surface area contributed by atoms with Gasteiger partial charge in [0, 0.05) is 18.2 Å². The lowest BCUT2D eigenvalue weighted by atomic mass is 9.82. The Balaban J connectivity index is 2.43. The lowest BCUT2D eigenvalue weighted by Crippen LogP contribution is -2.45. The van der Waals surface area contributed by atoms with Crippen LogP contribution in [0, 0.1) is 0 Å². The molecule has 0 fully saturated rings. The zero-order chi connectivity index (χ0) is 17.3. The topological polar surface area (TPSA) is 59.0 Å². The first-order valence-corrected chi connectivity index (χ1v) is 8.11. The molecule has 0 aromatic heterocycles. The first-order chi connectivity index (χ1) is 10.7. The van der Waals surface area contributed by atoms with E-state index in [0.717, 1.165) is 12.0 Å². The Morgan fingerprint density at radius 1 is 1.39 bits per heavy atom. The number of amides is 1. The van der Waals surface area contributed by atoms with Crippen molar-refractivity contribution in [2.45, 2.75) is 58.2 Å². The maximum absolute atomic E-state index is 12.5. The monoisotopic (exact) mass is 321 g/mol. The molecule has 0 spiro atoms. The van der Waals surface area contributed by atoms with Gasteiger partial charge in [-0.15, -0.1) is 0 Å². The van der Waals surface area contributed by atoms with E-state index >= 15 is 0 Å². The fourth-order valence-electron chi connectivity index (χ4n) is 2.99. The predicted octanol–water partition coefficient (Wildman–Crippen LogP) is 3.83. The smallest absolute Gasteiger partial charge is 0.414 e. The van der Waals surface area contributed by atoms with Crippen LogP contribution < -0.4 is 9.64 Å². The summed E-state index contributed by atoms with van der Waals surface area (Å²) in [6.45, 7) is 7.99. The Morgan fingerprint density at radius 3 is 2.65 bits per heavy atom. The van der Waals surface area contributed by atoms with Crippen LogP contribution in [-0.2, 0) is 10.3 Å². The summed E-state index contributed by atoms with van der Waals surface area (Å²) in [5.41, 5.74) is -0.0413. The van der Waals surface area contributed by atoms with Crippen molar-refractivity contribution >= 4 is 11.8 Å². The van der Waals surface area contributed by atoms with Crippen molar-refractivity contribution in [3.05, 3.63) is 23.8 Å². The van der Waals surface area contributed by atoms with Crippen LogP contribution in [0.4, 0.5) is 10.5 Å². The zero-order valence-corrected chi connectivity index (χ0v) is 14.7. The molecule has 1 amide bonds. The molecule has 128 valence electrons. The summed E-state index contributed by atoms with van der Waals surface area (Å²) in [4.78, 5) is 14.1. The highest BCUT2D eigenvalue weighted by Gasteiger charge is 2.39. The highest BCUT2D eigenvalue weighted by atomic mass is 16.6. The average Bonchev–Trinajstić information content (AvgIpc) is 2.45. The second kappa shape index (κ2) is 6.40. The molecule has 0 saturated carbocycles. The molecule has 5 heteroatoms. The predicted molar refractivity (Wildman–Crippen MR) is 90.0 cm³/mol. The van der Waals surface area contributed by atoms with E-state index in [9.17, 15) is 9.90 Å². The number of nitrogens with zero attached hydrogens (tertiary/aromatic N) is 1. The van der Waals surface area contributed by atoms with Crippen LogP contribution in [0.2, 0.25) is 0 Å². The molecule has 0 aliphatic carbocycles. The van der Waals surface area contributed by atoms with Gasteiger partial charge in [0.15, 0.2) is 0 Å². The van der Waals surface area contributed by atoms with Gasteiger partial charge in [-0.2, -0.15) is 0 Å². The number of carbonyl (C=O) groups is 1. The molecule has 0 saturated heterocycles. The Morgan fingerprint density at radius 2 is 2.09 bits per heavy atom. The fraction of sp³-hybridized carbons (Fsp3) is 0.611. The van der Waals surface area contributed by atoms with Crippen LogP contribution in [0.5, 0.6) is 5.75 Å². The standard InChI is InChI=1S/C18H27NO4/c1-6-9-18(21)10-11-19(16(20)23-17(2,3)4)15-12-13(22-5)7-8-14(15)18/h7-8,12,21H,6,9-11H2,1-5H3. The lowest BCUT2D eigenvalue weighted by Gasteiger charge is -2.40. The zero-order valence-electron chi connectivity index (χ0n) is 14.7. The van der Waals surface area contributed by atoms with Gasteiger partial charge >= 0.3 is 6.09 Å². The highest BCUT2D eigenvalue weighted by molar-refractivity contribution is 5.90. The number of carbonyl (C=O) groups excluding carboxylic acids is 1. The summed E-state index contributed by atoms with van der Waals surface area (Å²) in [6, 6.07) is 5.46.